The third-order valence-corrected chi connectivity index (χ3v) is 3.54. The molecule has 0 saturated carbocycles. The molecule has 0 aliphatic carbocycles. The van der Waals surface area contributed by atoms with Gasteiger partial charge in [-0.05, 0) is 55.3 Å². The number of thiocarbonyl (C=S) groups is 1. The van der Waals surface area contributed by atoms with Crippen LogP contribution in [0.2, 0.25) is 0 Å². The number of esters is 1. The molecule has 0 aromatic heterocycles. The average molecular weight is 312 g/mol. The number of hydrogen-bond donors (Lipinski definition) is 2. The lowest BCUT2D eigenvalue weighted by molar-refractivity contribution is -0.142. The van der Waals surface area contributed by atoms with Crippen molar-refractivity contribution in [2.45, 2.75) is 19.4 Å². The molecule has 20 heavy (non-hydrogen) atoms. The number of aryl methyl sites for hydroxylation is 1. The second-order valence-corrected chi connectivity index (χ2v) is 5.72. The fourth-order valence-corrected chi connectivity index (χ4v) is 2.41. The summed E-state index contributed by atoms with van der Waals surface area (Å²) in [7, 11) is 1.38. The number of hydrogen-bond acceptors (Lipinski definition) is 4. The van der Waals surface area contributed by atoms with Gasteiger partial charge in [-0.25, -0.2) is 4.79 Å². The summed E-state index contributed by atoms with van der Waals surface area (Å²) in [5.74, 6) is 0.562. The van der Waals surface area contributed by atoms with E-state index < -0.39 is 6.04 Å². The van der Waals surface area contributed by atoms with Gasteiger partial charge < -0.3 is 15.4 Å². The monoisotopic (exact) mass is 312 g/mol. The highest BCUT2D eigenvalue weighted by molar-refractivity contribution is 7.98. The van der Waals surface area contributed by atoms with Crippen LogP contribution < -0.4 is 10.6 Å². The molecule has 6 heteroatoms. The second-order valence-electron chi connectivity index (χ2n) is 4.33. The Kier molecular flexibility index (Phi) is 7.40. The Bertz CT molecular complexity index is 466. The van der Waals surface area contributed by atoms with Crippen LogP contribution in [0.15, 0.2) is 24.3 Å². The molecule has 110 valence electrons. The zero-order chi connectivity index (χ0) is 15.0. The molecule has 1 rings (SSSR count). The maximum absolute atomic E-state index is 11.7. The van der Waals surface area contributed by atoms with E-state index in [1.54, 1.807) is 11.8 Å². The highest BCUT2D eigenvalue weighted by atomic mass is 32.2. The van der Waals surface area contributed by atoms with Crippen molar-refractivity contribution in [1.29, 1.82) is 0 Å². The predicted molar refractivity (Wildman–Crippen MR) is 89.3 cm³/mol. The zero-order valence-electron chi connectivity index (χ0n) is 11.9. The SMILES string of the molecule is COC(=O)C(CCSC)NC(=S)Nc1cccc(C)c1. The summed E-state index contributed by atoms with van der Waals surface area (Å²) in [6.45, 7) is 2.01. The summed E-state index contributed by atoms with van der Waals surface area (Å²) < 4.78 is 4.78. The molecule has 2 N–H and O–H groups in total. The number of nitrogens with one attached hydrogen (secondary N) is 2. The van der Waals surface area contributed by atoms with Crippen molar-refractivity contribution in [2.75, 3.05) is 24.4 Å². The normalized spacial score (nSPS) is 11.6. The van der Waals surface area contributed by atoms with Gasteiger partial charge in [0.25, 0.3) is 0 Å². The number of benzene rings is 1. The van der Waals surface area contributed by atoms with Crippen LogP contribution in [-0.4, -0.2) is 36.2 Å². The first kappa shape index (κ1) is 16.8. The number of carbonyl (C=O) groups excluding carboxylic acids is 1. The minimum atomic E-state index is -0.419. The number of methoxy groups -OCH3 is 1. The number of carbonyl (C=O) groups is 1. The van der Waals surface area contributed by atoms with Crippen molar-refractivity contribution in [3.8, 4) is 0 Å². The molecule has 0 heterocycles. The van der Waals surface area contributed by atoms with Crippen LogP contribution in [0.25, 0.3) is 0 Å². The van der Waals surface area contributed by atoms with Crippen LogP contribution in [0, 0.1) is 6.92 Å². The van der Waals surface area contributed by atoms with Crippen LogP contribution in [0.5, 0.6) is 0 Å². The van der Waals surface area contributed by atoms with E-state index in [2.05, 4.69) is 10.6 Å². The molecule has 1 aromatic rings. The highest BCUT2D eigenvalue weighted by Gasteiger charge is 2.19. The van der Waals surface area contributed by atoms with Gasteiger partial charge in [0.2, 0.25) is 0 Å². The Hall–Kier alpha value is -1.27. The molecular weight excluding hydrogens is 292 g/mol. The molecule has 4 nitrogen and oxygen atoms in total. The molecule has 0 aliphatic heterocycles. The van der Waals surface area contributed by atoms with Gasteiger partial charge in [0, 0.05) is 5.69 Å². The van der Waals surface area contributed by atoms with Gasteiger partial charge in [-0.1, -0.05) is 12.1 Å². The van der Waals surface area contributed by atoms with Gasteiger partial charge in [-0.2, -0.15) is 11.8 Å². The Balaban J connectivity index is 2.59. The maximum Gasteiger partial charge on any atom is 0.328 e. The quantitative estimate of drug-likeness (QED) is 0.622. The molecule has 1 atom stereocenters. The first-order valence-corrected chi connectivity index (χ1v) is 8.08. The molecule has 1 unspecified atom stereocenters. The number of ether oxygens (including phenoxy) is 1. The lowest BCUT2D eigenvalue weighted by atomic mass is 10.2. The summed E-state index contributed by atoms with van der Waals surface area (Å²) >= 11 is 6.92. The molecule has 0 spiro atoms. The third-order valence-electron chi connectivity index (χ3n) is 2.68. The smallest absolute Gasteiger partial charge is 0.328 e. The molecule has 1 aromatic carbocycles. The fourth-order valence-electron chi connectivity index (χ4n) is 1.68. The lowest BCUT2D eigenvalue weighted by Gasteiger charge is -2.18. The Morgan fingerprint density at radius 2 is 2.25 bits per heavy atom. The van der Waals surface area contributed by atoms with Crippen molar-refractivity contribution in [3.63, 3.8) is 0 Å². The number of anilines is 1. The van der Waals surface area contributed by atoms with Gasteiger partial charge in [-0.3, -0.25) is 0 Å². The number of rotatable bonds is 6. The standard InChI is InChI=1S/C14H20N2O2S2/c1-10-5-4-6-11(9-10)15-14(19)16-12(7-8-20-3)13(17)18-2/h4-6,9,12H,7-8H2,1-3H3,(H2,15,16,19). The molecular formula is C14H20N2O2S2. The Morgan fingerprint density at radius 1 is 1.50 bits per heavy atom. The van der Waals surface area contributed by atoms with Crippen LogP contribution in [0.3, 0.4) is 0 Å². The predicted octanol–water partition coefficient (Wildman–Crippen LogP) is 2.58. The van der Waals surface area contributed by atoms with Crippen molar-refractivity contribution >= 4 is 40.7 Å². The minimum Gasteiger partial charge on any atom is -0.467 e. The van der Waals surface area contributed by atoms with Crippen molar-refractivity contribution in [2.24, 2.45) is 0 Å². The van der Waals surface area contributed by atoms with E-state index >= 15 is 0 Å². The lowest BCUT2D eigenvalue weighted by Crippen LogP contribution is -2.43. The summed E-state index contributed by atoms with van der Waals surface area (Å²) in [5.41, 5.74) is 2.04. The van der Waals surface area contributed by atoms with Gasteiger partial charge in [0.1, 0.15) is 6.04 Å². The second kappa shape index (κ2) is 8.81. The van der Waals surface area contributed by atoms with Crippen molar-refractivity contribution in [1.82, 2.24) is 5.32 Å². The van der Waals surface area contributed by atoms with E-state index in [-0.39, 0.29) is 5.97 Å². The molecule has 0 amide bonds. The van der Waals surface area contributed by atoms with Crippen LogP contribution in [0.4, 0.5) is 5.69 Å². The van der Waals surface area contributed by atoms with E-state index in [9.17, 15) is 4.79 Å². The molecule has 0 aliphatic rings. The fraction of sp³-hybridized carbons (Fsp3) is 0.429. The molecule has 0 radical (unpaired) electrons. The molecule has 0 fully saturated rings. The minimum absolute atomic E-state index is 0.299. The Labute approximate surface area is 129 Å². The average Bonchev–Trinajstić information content (AvgIpc) is 2.42. The van der Waals surface area contributed by atoms with E-state index in [1.807, 2.05) is 37.4 Å². The van der Waals surface area contributed by atoms with Crippen molar-refractivity contribution in [3.05, 3.63) is 29.8 Å². The van der Waals surface area contributed by atoms with Gasteiger partial charge >= 0.3 is 5.97 Å². The van der Waals surface area contributed by atoms with E-state index in [4.69, 9.17) is 17.0 Å². The van der Waals surface area contributed by atoms with Crippen LogP contribution in [-0.2, 0) is 9.53 Å². The van der Waals surface area contributed by atoms with E-state index in [1.165, 1.54) is 7.11 Å². The Morgan fingerprint density at radius 3 is 2.85 bits per heavy atom. The van der Waals surface area contributed by atoms with Gasteiger partial charge in [0.15, 0.2) is 5.11 Å². The van der Waals surface area contributed by atoms with Crippen molar-refractivity contribution < 1.29 is 9.53 Å². The maximum atomic E-state index is 11.7. The molecule has 0 bridgehead atoms. The summed E-state index contributed by atoms with van der Waals surface area (Å²) in [6, 6.07) is 7.46. The van der Waals surface area contributed by atoms with Crippen LogP contribution >= 0.6 is 24.0 Å². The molecule has 0 saturated heterocycles. The largest absolute Gasteiger partial charge is 0.467 e. The first-order chi connectivity index (χ1) is 9.56. The van der Waals surface area contributed by atoms with Gasteiger partial charge in [0.05, 0.1) is 7.11 Å². The van der Waals surface area contributed by atoms with E-state index in [0.29, 0.717) is 11.5 Å². The third kappa shape index (κ3) is 5.79. The summed E-state index contributed by atoms with van der Waals surface area (Å²) in [5, 5.41) is 6.50. The van der Waals surface area contributed by atoms with Crippen LogP contribution in [0.1, 0.15) is 12.0 Å². The summed E-state index contributed by atoms with van der Waals surface area (Å²) in [6.07, 6.45) is 2.67. The first-order valence-electron chi connectivity index (χ1n) is 6.27. The summed E-state index contributed by atoms with van der Waals surface area (Å²) in [4.78, 5) is 11.7. The van der Waals surface area contributed by atoms with E-state index in [0.717, 1.165) is 17.0 Å². The highest BCUT2D eigenvalue weighted by Crippen LogP contribution is 2.10. The van der Waals surface area contributed by atoms with Gasteiger partial charge in [-0.15, -0.1) is 0 Å². The zero-order valence-corrected chi connectivity index (χ0v) is 13.6. The number of thioether (sulfide) groups is 1. The topological polar surface area (TPSA) is 50.4 Å².